The van der Waals surface area contributed by atoms with E-state index in [1.807, 2.05) is 12.1 Å². The molecule has 1 nitrogen and oxygen atoms in total. The minimum atomic E-state index is -0.826. The fraction of sp³-hybridized carbons (Fsp3) is 0.333. The number of hydrogen-bond acceptors (Lipinski definition) is 1. The van der Waals surface area contributed by atoms with Gasteiger partial charge in [-0.05, 0) is 41.5 Å². The van der Waals surface area contributed by atoms with Crippen LogP contribution in [0.15, 0.2) is 42.5 Å². The van der Waals surface area contributed by atoms with Gasteiger partial charge >= 0.3 is 0 Å². The fourth-order valence-electron chi connectivity index (χ4n) is 2.48. The van der Waals surface area contributed by atoms with Crippen LogP contribution in [0, 0.1) is 17.6 Å². The van der Waals surface area contributed by atoms with Crippen molar-refractivity contribution in [1.29, 1.82) is 0 Å². The lowest BCUT2D eigenvalue weighted by Gasteiger charge is -2.15. The van der Waals surface area contributed by atoms with Gasteiger partial charge in [0.1, 0.15) is 0 Å². The van der Waals surface area contributed by atoms with Crippen molar-refractivity contribution in [2.45, 2.75) is 32.7 Å². The summed E-state index contributed by atoms with van der Waals surface area (Å²) in [5.74, 6) is -1.06. The molecule has 0 aromatic heterocycles. The van der Waals surface area contributed by atoms with Gasteiger partial charge in [-0.2, -0.15) is 0 Å². The van der Waals surface area contributed by atoms with Crippen LogP contribution in [0.25, 0.3) is 0 Å². The van der Waals surface area contributed by atoms with Crippen LogP contribution >= 0.6 is 0 Å². The highest BCUT2D eigenvalue weighted by Crippen LogP contribution is 2.21. The van der Waals surface area contributed by atoms with Gasteiger partial charge in [-0.1, -0.05) is 50.2 Å². The predicted molar refractivity (Wildman–Crippen MR) is 82.0 cm³/mol. The zero-order chi connectivity index (χ0) is 15.4. The molecule has 0 saturated heterocycles. The number of nitrogens with two attached hydrogens (primary N) is 1. The van der Waals surface area contributed by atoms with Gasteiger partial charge in [0, 0.05) is 6.04 Å². The van der Waals surface area contributed by atoms with Crippen LogP contribution in [0.3, 0.4) is 0 Å². The van der Waals surface area contributed by atoms with Gasteiger partial charge < -0.3 is 5.73 Å². The van der Waals surface area contributed by atoms with Crippen molar-refractivity contribution in [3.05, 3.63) is 70.8 Å². The Labute approximate surface area is 124 Å². The smallest absolute Gasteiger partial charge is 0.162 e. The Balaban J connectivity index is 2.16. The highest BCUT2D eigenvalue weighted by molar-refractivity contribution is 5.29. The first kappa shape index (κ1) is 15.6. The summed E-state index contributed by atoms with van der Waals surface area (Å²) in [6, 6.07) is 11.9. The average Bonchev–Trinajstić information content (AvgIpc) is 2.43. The molecule has 1 atom stereocenters. The van der Waals surface area contributed by atoms with Gasteiger partial charge in [0.15, 0.2) is 11.6 Å². The molecule has 0 bridgehead atoms. The van der Waals surface area contributed by atoms with Crippen LogP contribution in [-0.4, -0.2) is 0 Å². The molecule has 0 saturated carbocycles. The molecule has 2 rings (SSSR count). The van der Waals surface area contributed by atoms with E-state index in [2.05, 4.69) is 26.0 Å². The second-order valence-corrected chi connectivity index (χ2v) is 5.87. The summed E-state index contributed by atoms with van der Waals surface area (Å²) >= 11 is 0. The topological polar surface area (TPSA) is 26.0 Å². The van der Waals surface area contributed by atoms with Crippen LogP contribution in [0.1, 0.15) is 36.6 Å². The zero-order valence-electron chi connectivity index (χ0n) is 12.4. The highest BCUT2D eigenvalue weighted by Gasteiger charge is 2.13. The Hall–Kier alpha value is -1.74. The molecule has 0 heterocycles. The Bertz CT molecular complexity index is 608. The normalized spacial score (nSPS) is 12.7. The third kappa shape index (κ3) is 4.11. The van der Waals surface area contributed by atoms with Crippen LogP contribution in [0.4, 0.5) is 8.78 Å². The molecule has 0 aliphatic heterocycles. The largest absolute Gasteiger partial charge is 0.324 e. The fourth-order valence-corrected chi connectivity index (χ4v) is 2.48. The summed E-state index contributed by atoms with van der Waals surface area (Å²) in [4.78, 5) is 0. The number of halogens is 2. The van der Waals surface area contributed by atoms with Crippen LogP contribution < -0.4 is 5.73 Å². The standard InChI is InChI=1S/C18H21F2N/c1-12(2)9-13-5-3-6-14(10-13)17(21)11-15-7-4-8-16(19)18(15)20/h3-8,10,12,17H,9,11,21H2,1-2H3. The van der Waals surface area contributed by atoms with E-state index >= 15 is 0 Å². The van der Waals surface area contributed by atoms with Crippen molar-refractivity contribution in [2.24, 2.45) is 11.7 Å². The molecule has 112 valence electrons. The van der Waals surface area contributed by atoms with Crippen molar-refractivity contribution >= 4 is 0 Å². The molecule has 0 aliphatic rings. The molecule has 0 spiro atoms. The summed E-state index contributed by atoms with van der Waals surface area (Å²) in [5.41, 5.74) is 8.65. The zero-order valence-corrected chi connectivity index (χ0v) is 12.4. The first-order valence-corrected chi connectivity index (χ1v) is 7.24. The first-order valence-electron chi connectivity index (χ1n) is 7.24. The van der Waals surface area contributed by atoms with E-state index in [0.717, 1.165) is 18.1 Å². The average molecular weight is 289 g/mol. The molecular weight excluding hydrogens is 268 g/mol. The van der Waals surface area contributed by atoms with Crippen molar-refractivity contribution < 1.29 is 8.78 Å². The Morgan fingerprint density at radius 3 is 2.43 bits per heavy atom. The highest BCUT2D eigenvalue weighted by atomic mass is 19.2. The van der Waals surface area contributed by atoms with Crippen molar-refractivity contribution in [2.75, 3.05) is 0 Å². The third-order valence-electron chi connectivity index (χ3n) is 3.49. The molecule has 21 heavy (non-hydrogen) atoms. The monoisotopic (exact) mass is 289 g/mol. The molecule has 0 radical (unpaired) electrons. The quantitative estimate of drug-likeness (QED) is 0.867. The minimum Gasteiger partial charge on any atom is -0.324 e. The molecule has 0 aliphatic carbocycles. The van der Waals surface area contributed by atoms with Gasteiger partial charge in [0.25, 0.3) is 0 Å². The van der Waals surface area contributed by atoms with E-state index in [9.17, 15) is 8.78 Å². The summed E-state index contributed by atoms with van der Waals surface area (Å²) in [6.45, 7) is 4.32. The second-order valence-electron chi connectivity index (χ2n) is 5.87. The predicted octanol–water partition coefficient (Wildman–Crippen LogP) is 4.41. The Kier molecular flexibility index (Phi) is 5.07. The van der Waals surface area contributed by atoms with Crippen LogP contribution in [0.2, 0.25) is 0 Å². The second kappa shape index (κ2) is 6.81. The lowest BCUT2D eigenvalue weighted by atomic mass is 9.95. The van der Waals surface area contributed by atoms with Crippen LogP contribution in [0.5, 0.6) is 0 Å². The van der Waals surface area contributed by atoms with E-state index < -0.39 is 11.6 Å². The number of benzene rings is 2. The van der Waals surface area contributed by atoms with E-state index in [-0.39, 0.29) is 12.5 Å². The third-order valence-corrected chi connectivity index (χ3v) is 3.49. The molecule has 2 N–H and O–H groups in total. The van der Waals surface area contributed by atoms with E-state index in [0.29, 0.717) is 11.5 Å². The van der Waals surface area contributed by atoms with Gasteiger partial charge in [0.05, 0.1) is 0 Å². The maximum absolute atomic E-state index is 13.7. The van der Waals surface area contributed by atoms with E-state index in [1.165, 1.54) is 11.6 Å². The summed E-state index contributed by atoms with van der Waals surface area (Å²) in [6.07, 6.45) is 1.27. The Morgan fingerprint density at radius 2 is 1.71 bits per heavy atom. The maximum atomic E-state index is 13.7. The summed E-state index contributed by atoms with van der Waals surface area (Å²) in [5, 5.41) is 0. The van der Waals surface area contributed by atoms with E-state index in [1.54, 1.807) is 6.07 Å². The maximum Gasteiger partial charge on any atom is 0.162 e. The molecule has 3 heteroatoms. The van der Waals surface area contributed by atoms with Gasteiger partial charge in [0.2, 0.25) is 0 Å². The molecule has 1 unspecified atom stereocenters. The van der Waals surface area contributed by atoms with Crippen LogP contribution in [-0.2, 0) is 12.8 Å². The summed E-state index contributed by atoms with van der Waals surface area (Å²) < 4.78 is 26.9. The van der Waals surface area contributed by atoms with E-state index in [4.69, 9.17) is 5.73 Å². The lowest BCUT2D eigenvalue weighted by Crippen LogP contribution is -2.15. The van der Waals surface area contributed by atoms with Gasteiger partial charge in [-0.3, -0.25) is 0 Å². The number of hydrogen-bond donors (Lipinski definition) is 1. The minimum absolute atomic E-state index is 0.286. The number of rotatable bonds is 5. The van der Waals surface area contributed by atoms with Crippen molar-refractivity contribution in [3.8, 4) is 0 Å². The molecule has 0 amide bonds. The SMILES string of the molecule is CC(C)Cc1cccc(C(N)Cc2cccc(F)c2F)c1. The van der Waals surface area contributed by atoms with Gasteiger partial charge in [-0.15, -0.1) is 0 Å². The van der Waals surface area contributed by atoms with Gasteiger partial charge in [-0.25, -0.2) is 8.78 Å². The first-order chi connectivity index (χ1) is 9.97. The molecule has 2 aromatic rings. The molecule has 0 fully saturated rings. The Morgan fingerprint density at radius 1 is 1.00 bits per heavy atom. The molecule has 2 aromatic carbocycles. The van der Waals surface area contributed by atoms with Crippen molar-refractivity contribution in [3.63, 3.8) is 0 Å². The molecular formula is C18H21F2N. The van der Waals surface area contributed by atoms with Crippen molar-refractivity contribution in [1.82, 2.24) is 0 Å². The summed E-state index contributed by atoms with van der Waals surface area (Å²) in [7, 11) is 0. The lowest BCUT2D eigenvalue weighted by molar-refractivity contribution is 0.494.